The molecule has 6 rings (SSSR count). The topological polar surface area (TPSA) is 135 Å². The number of carbonyl (C=O) groups is 3. The molecule has 234 valence electrons. The van der Waals surface area contributed by atoms with Crippen LogP contribution >= 0.6 is 11.3 Å². The van der Waals surface area contributed by atoms with Crippen LogP contribution in [0.4, 0.5) is 24.5 Å². The van der Waals surface area contributed by atoms with E-state index in [0.717, 1.165) is 20.8 Å². The van der Waals surface area contributed by atoms with Gasteiger partial charge in [0.2, 0.25) is 0 Å². The molecule has 2 N–H and O–H groups in total. The van der Waals surface area contributed by atoms with Gasteiger partial charge in [-0.05, 0) is 50.6 Å². The molecule has 4 aromatic rings. The summed E-state index contributed by atoms with van der Waals surface area (Å²) in [5.74, 6) is -0.246. The lowest BCUT2D eigenvalue weighted by Crippen LogP contribution is -2.62. The first-order valence-corrected chi connectivity index (χ1v) is 15.1. The number of ether oxygens (including phenoxy) is 3. The molecule has 0 bridgehead atoms. The van der Waals surface area contributed by atoms with Gasteiger partial charge in [-0.15, -0.1) is 11.3 Å². The third-order valence-corrected chi connectivity index (χ3v) is 8.11. The van der Waals surface area contributed by atoms with Crippen molar-refractivity contribution >= 4 is 45.5 Å². The van der Waals surface area contributed by atoms with Gasteiger partial charge in [0.05, 0.1) is 39.9 Å². The Labute approximate surface area is 262 Å². The van der Waals surface area contributed by atoms with E-state index in [-0.39, 0.29) is 23.6 Å². The van der Waals surface area contributed by atoms with Gasteiger partial charge in [-0.25, -0.2) is 18.8 Å². The maximum absolute atomic E-state index is 15.1. The van der Waals surface area contributed by atoms with Gasteiger partial charge < -0.3 is 34.6 Å². The third-order valence-electron chi connectivity index (χ3n) is 6.95. The molecule has 14 heteroatoms. The van der Waals surface area contributed by atoms with Crippen LogP contribution in [-0.2, 0) is 16.0 Å². The SMILES string of the molecule is CC(C)(C)OC(=O)N1CC(NC(=O)Nc2ccc(Oc3ccnc4cc(-c5ccc(CN6CCOC6=O)cn5)sc34)c(F)c2)C1. The molecule has 0 aliphatic carbocycles. The van der Waals surface area contributed by atoms with E-state index in [9.17, 15) is 14.4 Å². The number of nitrogens with zero attached hydrogens (tertiary/aromatic N) is 4. The van der Waals surface area contributed by atoms with Crippen LogP contribution in [0.2, 0.25) is 0 Å². The largest absolute Gasteiger partial charge is 0.453 e. The molecule has 2 saturated heterocycles. The molecule has 45 heavy (non-hydrogen) atoms. The first kappa shape index (κ1) is 30.1. The number of cyclic esters (lactones) is 1. The summed E-state index contributed by atoms with van der Waals surface area (Å²) < 4.78 is 32.0. The predicted molar refractivity (Wildman–Crippen MR) is 165 cm³/mol. The van der Waals surface area contributed by atoms with E-state index in [2.05, 4.69) is 20.6 Å². The molecule has 4 amide bonds. The van der Waals surface area contributed by atoms with Crippen LogP contribution in [0.3, 0.4) is 0 Å². The summed E-state index contributed by atoms with van der Waals surface area (Å²) >= 11 is 1.42. The molecule has 0 atom stereocenters. The molecule has 12 nitrogen and oxygen atoms in total. The molecule has 0 saturated carbocycles. The number of carbonyl (C=O) groups excluding carboxylic acids is 3. The molecular formula is C31H31FN6O6S. The number of rotatable bonds is 7. The van der Waals surface area contributed by atoms with Crippen LogP contribution in [-0.4, -0.2) is 75.9 Å². The van der Waals surface area contributed by atoms with Crippen LogP contribution in [0.1, 0.15) is 26.3 Å². The molecule has 2 aliphatic rings. The van der Waals surface area contributed by atoms with Crippen LogP contribution in [0, 0.1) is 5.82 Å². The van der Waals surface area contributed by atoms with E-state index < -0.39 is 23.5 Å². The van der Waals surface area contributed by atoms with E-state index >= 15 is 4.39 Å². The first-order valence-electron chi connectivity index (χ1n) is 14.3. The summed E-state index contributed by atoms with van der Waals surface area (Å²) in [6.45, 7) is 7.39. The van der Waals surface area contributed by atoms with Crippen molar-refractivity contribution in [2.45, 2.75) is 39.0 Å². The van der Waals surface area contributed by atoms with E-state index in [1.807, 2.05) is 18.2 Å². The van der Waals surface area contributed by atoms with Gasteiger partial charge in [0.15, 0.2) is 11.6 Å². The number of hydrogen-bond donors (Lipinski definition) is 2. The van der Waals surface area contributed by atoms with Gasteiger partial charge >= 0.3 is 18.2 Å². The van der Waals surface area contributed by atoms with E-state index in [1.165, 1.54) is 34.4 Å². The van der Waals surface area contributed by atoms with Crippen molar-refractivity contribution in [3.63, 3.8) is 0 Å². The van der Waals surface area contributed by atoms with Crippen molar-refractivity contribution in [2.24, 2.45) is 0 Å². The number of urea groups is 1. The van der Waals surface area contributed by atoms with Crippen molar-refractivity contribution in [3.05, 3.63) is 66.2 Å². The zero-order valence-corrected chi connectivity index (χ0v) is 25.7. The summed E-state index contributed by atoms with van der Waals surface area (Å²) in [6.07, 6.45) is 2.56. The monoisotopic (exact) mass is 634 g/mol. The summed E-state index contributed by atoms with van der Waals surface area (Å²) in [4.78, 5) is 49.2. The quantitative estimate of drug-likeness (QED) is 0.253. The summed E-state index contributed by atoms with van der Waals surface area (Å²) in [6, 6.07) is 10.7. The highest BCUT2D eigenvalue weighted by atomic mass is 32.1. The minimum absolute atomic E-state index is 0.0154. The molecule has 5 heterocycles. The van der Waals surface area contributed by atoms with Gasteiger partial charge in [0.25, 0.3) is 0 Å². The lowest BCUT2D eigenvalue weighted by atomic mass is 10.1. The number of halogens is 1. The number of benzene rings is 1. The van der Waals surface area contributed by atoms with Crippen LogP contribution in [0.25, 0.3) is 20.8 Å². The fourth-order valence-electron chi connectivity index (χ4n) is 4.75. The average molecular weight is 635 g/mol. The number of likely N-dealkylation sites (tertiary alicyclic amines) is 1. The number of aromatic nitrogens is 2. The second-order valence-electron chi connectivity index (χ2n) is 11.6. The first-order chi connectivity index (χ1) is 21.5. The molecular weight excluding hydrogens is 603 g/mol. The molecule has 2 aliphatic heterocycles. The van der Waals surface area contributed by atoms with Crippen LogP contribution < -0.4 is 15.4 Å². The second kappa shape index (κ2) is 12.2. The van der Waals surface area contributed by atoms with E-state index in [0.29, 0.717) is 44.1 Å². The van der Waals surface area contributed by atoms with Crippen LogP contribution in [0.15, 0.2) is 54.9 Å². The summed E-state index contributed by atoms with van der Waals surface area (Å²) in [5.41, 5.74) is 1.95. The Kier molecular flexibility index (Phi) is 8.14. The minimum Gasteiger partial charge on any atom is -0.453 e. The Morgan fingerprint density at radius 1 is 1.11 bits per heavy atom. The number of pyridine rings is 2. The Morgan fingerprint density at radius 3 is 2.62 bits per heavy atom. The van der Waals surface area contributed by atoms with Gasteiger partial charge in [0, 0.05) is 43.3 Å². The van der Waals surface area contributed by atoms with Crippen molar-refractivity contribution in [2.75, 3.05) is 31.6 Å². The van der Waals surface area contributed by atoms with E-state index in [4.69, 9.17) is 14.2 Å². The summed E-state index contributed by atoms with van der Waals surface area (Å²) in [5, 5.41) is 5.37. The van der Waals surface area contributed by atoms with E-state index in [1.54, 1.807) is 44.1 Å². The van der Waals surface area contributed by atoms with Crippen LogP contribution in [0.5, 0.6) is 11.5 Å². The highest BCUT2D eigenvalue weighted by Gasteiger charge is 2.34. The predicted octanol–water partition coefficient (Wildman–Crippen LogP) is 5.98. The number of fused-ring (bicyclic) bond motifs is 1. The van der Waals surface area contributed by atoms with Crippen molar-refractivity contribution in [1.29, 1.82) is 0 Å². The Morgan fingerprint density at radius 2 is 1.93 bits per heavy atom. The fourth-order valence-corrected chi connectivity index (χ4v) is 5.79. The Hall–Kier alpha value is -4.98. The number of nitrogens with one attached hydrogen (secondary N) is 2. The highest BCUT2D eigenvalue weighted by Crippen LogP contribution is 2.39. The second-order valence-corrected chi connectivity index (χ2v) is 12.7. The smallest absolute Gasteiger partial charge is 0.410 e. The maximum atomic E-state index is 15.1. The zero-order chi connectivity index (χ0) is 31.7. The highest BCUT2D eigenvalue weighted by molar-refractivity contribution is 7.22. The molecule has 0 spiro atoms. The van der Waals surface area contributed by atoms with Crippen molar-refractivity contribution in [1.82, 2.24) is 25.1 Å². The molecule has 2 fully saturated rings. The Balaban J connectivity index is 1.06. The maximum Gasteiger partial charge on any atom is 0.410 e. The minimum atomic E-state index is -0.659. The van der Waals surface area contributed by atoms with Gasteiger partial charge in [0.1, 0.15) is 18.0 Å². The van der Waals surface area contributed by atoms with Crippen molar-refractivity contribution in [3.8, 4) is 22.1 Å². The van der Waals surface area contributed by atoms with Crippen molar-refractivity contribution < 1.29 is 33.0 Å². The molecule has 3 aromatic heterocycles. The fraction of sp³-hybridized carbons (Fsp3) is 0.323. The number of amides is 4. The Bertz CT molecular complexity index is 1750. The zero-order valence-electron chi connectivity index (χ0n) is 24.8. The number of hydrogen-bond acceptors (Lipinski definition) is 9. The molecule has 0 radical (unpaired) electrons. The standard InChI is InChI=1S/C31H31FN6O6S/c1-31(2,3)44-30(41)38-16-20(17-38)36-28(39)35-19-5-7-24(21(32)12-19)43-25-8-9-33-23-13-26(45-27(23)25)22-6-4-18(14-34-22)15-37-10-11-42-29(37)40/h4-9,12-14,20H,10-11,15-17H2,1-3H3,(H2,35,36,39). The summed E-state index contributed by atoms with van der Waals surface area (Å²) in [7, 11) is 0. The number of anilines is 1. The lowest BCUT2D eigenvalue weighted by Gasteiger charge is -2.39. The average Bonchev–Trinajstić information content (AvgIpc) is 3.58. The van der Waals surface area contributed by atoms with Gasteiger partial charge in [-0.1, -0.05) is 6.07 Å². The molecule has 0 unspecified atom stereocenters. The third kappa shape index (κ3) is 7.06. The normalized spacial score (nSPS) is 15.1. The number of thiophene rings is 1. The molecule has 1 aromatic carbocycles. The lowest BCUT2D eigenvalue weighted by molar-refractivity contribution is 0.00648. The van der Waals surface area contributed by atoms with Gasteiger partial charge in [-0.2, -0.15) is 0 Å². The van der Waals surface area contributed by atoms with Gasteiger partial charge in [-0.3, -0.25) is 9.97 Å².